The lowest BCUT2D eigenvalue weighted by molar-refractivity contribution is 0.0729. The van der Waals surface area contributed by atoms with Gasteiger partial charge in [0.2, 0.25) is 0 Å². The van der Waals surface area contributed by atoms with Crippen LogP contribution in [0.3, 0.4) is 0 Å². The van der Waals surface area contributed by atoms with Gasteiger partial charge >= 0.3 is 0 Å². The summed E-state index contributed by atoms with van der Waals surface area (Å²) in [4.78, 5) is 16.1. The van der Waals surface area contributed by atoms with Crippen LogP contribution >= 0.6 is 15.9 Å². The molecule has 0 heterocycles. The quantitative estimate of drug-likeness (QED) is 0.246. The first-order valence-corrected chi connectivity index (χ1v) is 13.4. The lowest BCUT2D eigenvalue weighted by Crippen LogP contribution is -2.31. The maximum absolute atomic E-state index is 14.1. The summed E-state index contributed by atoms with van der Waals surface area (Å²) in [5.41, 5.74) is 5.28. The first-order chi connectivity index (χ1) is 16.9. The van der Waals surface area contributed by atoms with Crippen LogP contribution in [0.4, 0.5) is 0 Å². The van der Waals surface area contributed by atoms with E-state index in [4.69, 9.17) is 0 Å². The fraction of sp³-hybridized carbons (Fsp3) is 0.303. The second-order valence-corrected chi connectivity index (χ2v) is 12.6. The maximum atomic E-state index is 14.1. The predicted molar refractivity (Wildman–Crippen MR) is 156 cm³/mol. The van der Waals surface area contributed by atoms with Gasteiger partial charge in [-0.15, -0.1) is 0 Å². The van der Waals surface area contributed by atoms with Crippen LogP contribution in [0, 0.1) is 0 Å². The van der Waals surface area contributed by atoms with Gasteiger partial charge in [-0.3, -0.25) is 4.79 Å². The van der Waals surface area contributed by atoms with E-state index >= 15 is 0 Å². The summed E-state index contributed by atoms with van der Waals surface area (Å²) in [5.74, 6) is 0.0600. The number of fused-ring (bicyclic) bond motifs is 1. The van der Waals surface area contributed by atoms with E-state index in [0.29, 0.717) is 13.1 Å². The Morgan fingerprint density at radius 1 is 0.694 bits per heavy atom. The summed E-state index contributed by atoms with van der Waals surface area (Å²) in [7, 11) is 0. The molecule has 0 radical (unpaired) electrons. The number of amides is 1. The molecule has 0 saturated carbocycles. The smallest absolute Gasteiger partial charge is 0.254 e. The Morgan fingerprint density at radius 2 is 1.31 bits per heavy atom. The topological polar surface area (TPSA) is 20.3 Å². The second kappa shape index (κ2) is 10.2. The van der Waals surface area contributed by atoms with Gasteiger partial charge in [0.25, 0.3) is 5.91 Å². The van der Waals surface area contributed by atoms with Crippen molar-refractivity contribution in [1.29, 1.82) is 0 Å². The van der Waals surface area contributed by atoms with E-state index in [0.717, 1.165) is 21.2 Å². The van der Waals surface area contributed by atoms with E-state index in [1.165, 1.54) is 21.9 Å². The number of benzene rings is 4. The molecule has 4 rings (SSSR count). The van der Waals surface area contributed by atoms with E-state index in [-0.39, 0.29) is 16.7 Å². The molecule has 3 heteroatoms. The van der Waals surface area contributed by atoms with Crippen LogP contribution in [0.5, 0.6) is 0 Å². The monoisotopic (exact) mass is 541 g/mol. The molecule has 0 N–H and O–H groups in total. The summed E-state index contributed by atoms with van der Waals surface area (Å²) < 4.78 is 1.08. The van der Waals surface area contributed by atoms with Gasteiger partial charge in [-0.25, -0.2) is 0 Å². The van der Waals surface area contributed by atoms with Gasteiger partial charge in [-0.2, -0.15) is 0 Å². The van der Waals surface area contributed by atoms with E-state index in [1.807, 2.05) is 23.1 Å². The predicted octanol–water partition coefficient (Wildman–Crippen LogP) is 9.04. The third-order valence-corrected chi connectivity index (χ3v) is 7.37. The Balaban J connectivity index is 1.76. The number of halogens is 1. The Kier molecular flexibility index (Phi) is 7.43. The molecule has 4 aromatic rings. The molecular weight excluding hydrogens is 506 g/mol. The van der Waals surface area contributed by atoms with Crippen molar-refractivity contribution >= 4 is 32.6 Å². The zero-order valence-electron chi connectivity index (χ0n) is 22.2. The molecule has 0 atom stereocenters. The molecule has 36 heavy (non-hydrogen) atoms. The van der Waals surface area contributed by atoms with Crippen LogP contribution in [-0.4, -0.2) is 10.8 Å². The van der Waals surface area contributed by atoms with E-state index in [9.17, 15) is 4.79 Å². The minimum Gasteiger partial charge on any atom is -0.330 e. The molecule has 0 bridgehead atoms. The van der Waals surface area contributed by atoms with Crippen molar-refractivity contribution in [2.45, 2.75) is 65.5 Å². The third-order valence-electron chi connectivity index (χ3n) is 6.68. The first-order valence-electron chi connectivity index (χ1n) is 12.6. The molecule has 4 aromatic carbocycles. The zero-order valence-corrected chi connectivity index (χ0v) is 23.8. The van der Waals surface area contributed by atoms with E-state index < -0.39 is 0 Å². The standard InChI is InChI=1S/C33H36BrNO/c1-32(2,3)27-18-26(19-28(20-27)33(4,5)6)31(36)35(21-23-11-8-7-9-12-23)22-24-15-16-29-25(17-24)13-10-14-30(29)34/h7-20H,21-22H2,1-6H3. The van der Waals surface area contributed by atoms with Crippen molar-refractivity contribution in [3.8, 4) is 0 Å². The van der Waals surface area contributed by atoms with Crippen molar-refractivity contribution in [3.05, 3.63) is 117 Å². The fourth-order valence-electron chi connectivity index (χ4n) is 4.42. The highest BCUT2D eigenvalue weighted by molar-refractivity contribution is 9.10. The molecule has 0 spiro atoms. The van der Waals surface area contributed by atoms with Crippen LogP contribution in [0.1, 0.15) is 74.2 Å². The lowest BCUT2D eigenvalue weighted by Gasteiger charge is -2.28. The number of carbonyl (C=O) groups is 1. The van der Waals surface area contributed by atoms with Gasteiger partial charge in [-0.1, -0.05) is 118 Å². The van der Waals surface area contributed by atoms with E-state index in [2.05, 4.69) is 124 Å². The van der Waals surface area contributed by atoms with Gasteiger partial charge in [-0.05, 0) is 68.1 Å². The van der Waals surface area contributed by atoms with Crippen LogP contribution in [0.25, 0.3) is 10.8 Å². The highest BCUT2D eigenvalue weighted by Gasteiger charge is 2.24. The Morgan fingerprint density at radius 3 is 1.92 bits per heavy atom. The fourth-order valence-corrected chi connectivity index (χ4v) is 4.93. The molecule has 0 aliphatic carbocycles. The molecular formula is C33H36BrNO. The average Bonchev–Trinajstić information content (AvgIpc) is 2.82. The van der Waals surface area contributed by atoms with Crippen LogP contribution in [0.15, 0.2) is 89.4 Å². The summed E-state index contributed by atoms with van der Waals surface area (Å²) >= 11 is 3.65. The molecule has 0 saturated heterocycles. The van der Waals surface area contributed by atoms with Crippen molar-refractivity contribution < 1.29 is 4.79 Å². The summed E-state index contributed by atoms with van der Waals surface area (Å²) in [6.07, 6.45) is 0. The van der Waals surface area contributed by atoms with Gasteiger partial charge in [0.1, 0.15) is 0 Å². The lowest BCUT2D eigenvalue weighted by atomic mass is 9.79. The third kappa shape index (κ3) is 6.07. The molecule has 0 fully saturated rings. The van der Waals surface area contributed by atoms with Crippen molar-refractivity contribution in [2.75, 3.05) is 0 Å². The minimum absolute atomic E-state index is 0.0493. The Bertz CT molecular complexity index is 1340. The van der Waals surface area contributed by atoms with Crippen LogP contribution < -0.4 is 0 Å². The van der Waals surface area contributed by atoms with Gasteiger partial charge in [0.15, 0.2) is 0 Å². The van der Waals surface area contributed by atoms with Gasteiger partial charge in [0.05, 0.1) is 0 Å². The molecule has 0 unspecified atom stereocenters. The molecule has 0 aromatic heterocycles. The number of carbonyl (C=O) groups excluding carboxylic acids is 1. The summed E-state index contributed by atoms with van der Waals surface area (Å²) in [5, 5.41) is 2.34. The number of hydrogen-bond acceptors (Lipinski definition) is 1. The SMILES string of the molecule is CC(C)(C)c1cc(C(=O)N(Cc2ccccc2)Cc2ccc3c(Br)cccc3c2)cc(C(C)(C)C)c1. The molecule has 186 valence electrons. The molecule has 2 nitrogen and oxygen atoms in total. The van der Waals surface area contributed by atoms with E-state index in [1.54, 1.807) is 0 Å². The number of hydrogen-bond donors (Lipinski definition) is 0. The van der Waals surface area contributed by atoms with Crippen LogP contribution in [-0.2, 0) is 23.9 Å². The Hall–Kier alpha value is -2.91. The van der Waals surface area contributed by atoms with Crippen LogP contribution in [0.2, 0.25) is 0 Å². The highest BCUT2D eigenvalue weighted by atomic mass is 79.9. The summed E-state index contributed by atoms with van der Waals surface area (Å²) in [6, 6.07) is 29.4. The van der Waals surface area contributed by atoms with Crippen molar-refractivity contribution in [2.24, 2.45) is 0 Å². The minimum atomic E-state index is -0.0493. The second-order valence-electron chi connectivity index (χ2n) is 11.7. The van der Waals surface area contributed by atoms with Crippen molar-refractivity contribution in [1.82, 2.24) is 4.90 Å². The molecule has 1 amide bonds. The first kappa shape index (κ1) is 26.2. The molecule has 0 aliphatic heterocycles. The molecule has 0 aliphatic rings. The Labute approximate surface area is 224 Å². The maximum Gasteiger partial charge on any atom is 0.254 e. The van der Waals surface area contributed by atoms with Crippen molar-refractivity contribution in [3.63, 3.8) is 0 Å². The highest BCUT2D eigenvalue weighted by Crippen LogP contribution is 2.31. The van der Waals surface area contributed by atoms with Gasteiger partial charge in [0, 0.05) is 23.1 Å². The zero-order chi connectivity index (χ0) is 26.1. The average molecular weight is 543 g/mol. The normalized spacial score (nSPS) is 12.1. The number of nitrogens with zero attached hydrogens (tertiary/aromatic N) is 1. The summed E-state index contributed by atoms with van der Waals surface area (Å²) in [6.45, 7) is 14.3. The van der Waals surface area contributed by atoms with Gasteiger partial charge < -0.3 is 4.90 Å². The number of rotatable bonds is 5. The largest absolute Gasteiger partial charge is 0.330 e.